The Bertz CT molecular complexity index is 1360. The van der Waals surface area contributed by atoms with Gasteiger partial charge in [0.2, 0.25) is 18.7 Å². The van der Waals surface area contributed by atoms with Crippen LogP contribution in [0.3, 0.4) is 0 Å². The molecule has 3 aromatic carbocycles. The van der Waals surface area contributed by atoms with Crippen LogP contribution in [0.2, 0.25) is 0 Å². The Balaban J connectivity index is 1.40. The van der Waals surface area contributed by atoms with E-state index in [0.717, 1.165) is 12.1 Å². The van der Waals surface area contributed by atoms with Gasteiger partial charge in [-0.1, -0.05) is 18.2 Å². The highest BCUT2D eigenvalue weighted by Gasteiger charge is 2.42. The van der Waals surface area contributed by atoms with Crippen molar-refractivity contribution in [2.45, 2.75) is 24.9 Å². The van der Waals surface area contributed by atoms with Gasteiger partial charge in [-0.15, -0.1) is 0 Å². The van der Waals surface area contributed by atoms with Crippen molar-refractivity contribution in [3.05, 3.63) is 82.9 Å². The highest BCUT2D eigenvalue weighted by molar-refractivity contribution is 6.04. The third-order valence-electron chi connectivity index (χ3n) is 5.89. The standard InChI is InChI=1S/C26H20F3NO7/c1-33-17-6-7-18-20(11-17)36-23(15-3-2-4-16(10-15)26(27,28)29)24(22(18)31)37-25(32)30-12-14-5-8-19-21(9-14)35-13-34-19/h2-11,23-24H,12-13H2,1H3,(H,30,32)/t23-,24+/m0/s1. The average molecular weight is 515 g/mol. The number of ether oxygens (including phenoxy) is 5. The van der Waals surface area contributed by atoms with Crippen LogP contribution in [0.1, 0.15) is 33.2 Å². The molecular formula is C26H20F3NO7. The zero-order valence-electron chi connectivity index (χ0n) is 19.3. The lowest BCUT2D eigenvalue weighted by atomic mass is 9.92. The maximum absolute atomic E-state index is 13.4. The number of alkyl carbamates (subject to hydrolysis) is 1. The van der Waals surface area contributed by atoms with Crippen molar-refractivity contribution >= 4 is 11.9 Å². The summed E-state index contributed by atoms with van der Waals surface area (Å²) in [6, 6.07) is 13.9. The topological polar surface area (TPSA) is 92.3 Å². The van der Waals surface area contributed by atoms with Crippen molar-refractivity contribution in [2.75, 3.05) is 13.9 Å². The van der Waals surface area contributed by atoms with Gasteiger partial charge in [0.25, 0.3) is 0 Å². The molecule has 2 atom stereocenters. The van der Waals surface area contributed by atoms with Crippen molar-refractivity contribution in [3.8, 4) is 23.0 Å². The van der Waals surface area contributed by atoms with Crippen LogP contribution >= 0.6 is 0 Å². The predicted molar refractivity (Wildman–Crippen MR) is 122 cm³/mol. The van der Waals surface area contributed by atoms with E-state index in [2.05, 4.69) is 5.32 Å². The Morgan fingerprint density at radius 1 is 1.03 bits per heavy atom. The molecule has 0 fully saturated rings. The van der Waals surface area contributed by atoms with E-state index in [9.17, 15) is 22.8 Å². The minimum Gasteiger partial charge on any atom is -0.497 e. The van der Waals surface area contributed by atoms with Gasteiger partial charge in [0, 0.05) is 12.6 Å². The van der Waals surface area contributed by atoms with E-state index in [4.69, 9.17) is 23.7 Å². The fraction of sp³-hybridized carbons (Fsp3) is 0.231. The molecule has 0 aromatic heterocycles. The number of methoxy groups -OCH3 is 1. The van der Waals surface area contributed by atoms with Gasteiger partial charge in [-0.3, -0.25) is 4.79 Å². The number of benzene rings is 3. The molecule has 11 heteroatoms. The zero-order valence-corrected chi connectivity index (χ0v) is 19.3. The summed E-state index contributed by atoms with van der Waals surface area (Å²) in [5, 5.41) is 2.54. The van der Waals surface area contributed by atoms with Crippen LogP contribution < -0.4 is 24.3 Å². The molecule has 192 valence electrons. The highest BCUT2D eigenvalue weighted by Crippen LogP contribution is 2.40. The molecule has 1 N–H and O–H groups in total. The summed E-state index contributed by atoms with van der Waals surface area (Å²) in [6.07, 6.45) is -8.44. The second kappa shape index (κ2) is 9.57. The summed E-state index contributed by atoms with van der Waals surface area (Å²) in [6.45, 7) is 0.140. The van der Waals surface area contributed by atoms with Gasteiger partial charge in [0.05, 0.1) is 18.2 Å². The fourth-order valence-electron chi connectivity index (χ4n) is 4.05. The third kappa shape index (κ3) is 4.97. The number of carbonyl (C=O) groups is 2. The lowest BCUT2D eigenvalue weighted by Crippen LogP contribution is -2.42. The number of hydrogen-bond donors (Lipinski definition) is 1. The molecular weight excluding hydrogens is 495 g/mol. The van der Waals surface area contributed by atoms with E-state index in [0.29, 0.717) is 22.8 Å². The number of ketones is 1. The Morgan fingerprint density at radius 2 is 1.84 bits per heavy atom. The van der Waals surface area contributed by atoms with E-state index in [1.165, 1.54) is 37.4 Å². The molecule has 2 heterocycles. The summed E-state index contributed by atoms with van der Waals surface area (Å²) >= 11 is 0. The van der Waals surface area contributed by atoms with Crippen LogP contribution in [0.25, 0.3) is 0 Å². The van der Waals surface area contributed by atoms with Gasteiger partial charge in [-0.2, -0.15) is 13.2 Å². The van der Waals surface area contributed by atoms with E-state index in [1.54, 1.807) is 18.2 Å². The number of hydrogen-bond acceptors (Lipinski definition) is 7. The van der Waals surface area contributed by atoms with Crippen LogP contribution in [-0.2, 0) is 17.5 Å². The molecule has 3 aromatic rings. The second-order valence-corrected chi connectivity index (χ2v) is 8.26. The molecule has 0 radical (unpaired) electrons. The summed E-state index contributed by atoms with van der Waals surface area (Å²) in [5.74, 6) is 0.975. The van der Waals surface area contributed by atoms with Crippen molar-refractivity contribution in [2.24, 2.45) is 0 Å². The molecule has 0 aliphatic carbocycles. The Hall–Kier alpha value is -4.41. The number of nitrogens with one attached hydrogen (secondary N) is 1. The quantitative estimate of drug-likeness (QED) is 0.508. The molecule has 2 aliphatic heterocycles. The van der Waals surface area contributed by atoms with Crippen molar-refractivity contribution < 1.29 is 46.4 Å². The minimum atomic E-state index is -4.62. The van der Waals surface area contributed by atoms with E-state index in [-0.39, 0.29) is 30.2 Å². The molecule has 0 bridgehead atoms. The molecule has 0 spiro atoms. The molecule has 8 nitrogen and oxygen atoms in total. The Morgan fingerprint density at radius 3 is 2.62 bits per heavy atom. The number of amides is 1. The molecule has 37 heavy (non-hydrogen) atoms. The maximum atomic E-state index is 13.4. The molecule has 0 unspecified atom stereocenters. The number of carbonyl (C=O) groups excluding carboxylic acids is 2. The first-order valence-electron chi connectivity index (χ1n) is 11.1. The second-order valence-electron chi connectivity index (χ2n) is 8.26. The lowest BCUT2D eigenvalue weighted by Gasteiger charge is -2.32. The minimum absolute atomic E-state index is 0.0187. The molecule has 0 saturated carbocycles. The van der Waals surface area contributed by atoms with Crippen LogP contribution in [0.5, 0.6) is 23.0 Å². The van der Waals surface area contributed by atoms with Crippen LogP contribution in [0, 0.1) is 0 Å². The number of rotatable bonds is 5. The monoisotopic (exact) mass is 515 g/mol. The maximum Gasteiger partial charge on any atom is 0.416 e. The summed E-state index contributed by atoms with van der Waals surface area (Å²) in [5.41, 5.74) is -0.120. The number of Topliss-reactive ketones (excluding diaryl/α,β-unsaturated/α-hetero) is 1. The largest absolute Gasteiger partial charge is 0.497 e. The first-order chi connectivity index (χ1) is 17.7. The van der Waals surface area contributed by atoms with Gasteiger partial charge in [-0.05, 0) is 47.5 Å². The summed E-state index contributed by atoms with van der Waals surface area (Å²) < 4.78 is 67.2. The van der Waals surface area contributed by atoms with Crippen molar-refractivity contribution in [1.82, 2.24) is 5.32 Å². The van der Waals surface area contributed by atoms with Crippen LogP contribution in [0.4, 0.5) is 18.0 Å². The molecule has 2 aliphatic rings. The number of fused-ring (bicyclic) bond motifs is 2. The van der Waals surface area contributed by atoms with Gasteiger partial charge < -0.3 is 29.0 Å². The lowest BCUT2D eigenvalue weighted by molar-refractivity contribution is -0.137. The van der Waals surface area contributed by atoms with Crippen LogP contribution in [0.15, 0.2) is 60.7 Å². The van der Waals surface area contributed by atoms with Crippen LogP contribution in [-0.4, -0.2) is 31.9 Å². The SMILES string of the molecule is COc1ccc2c(c1)O[C@@H](c1cccc(C(F)(F)F)c1)[C@H](OC(=O)NCc1ccc3c(c1)OCO3)C2=O. The Labute approximate surface area is 208 Å². The van der Waals surface area contributed by atoms with Gasteiger partial charge in [0.1, 0.15) is 11.5 Å². The first-order valence-corrected chi connectivity index (χ1v) is 11.1. The van der Waals surface area contributed by atoms with E-state index < -0.39 is 35.8 Å². The number of alkyl halides is 3. The van der Waals surface area contributed by atoms with Gasteiger partial charge in [0.15, 0.2) is 17.6 Å². The molecule has 1 amide bonds. The number of halogens is 3. The van der Waals surface area contributed by atoms with Gasteiger partial charge >= 0.3 is 12.3 Å². The summed E-state index contributed by atoms with van der Waals surface area (Å²) in [4.78, 5) is 26.0. The third-order valence-corrected chi connectivity index (χ3v) is 5.89. The smallest absolute Gasteiger partial charge is 0.416 e. The van der Waals surface area contributed by atoms with Crippen molar-refractivity contribution in [1.29, 1.82) is 0 Å². The van der Waals surface area contributed by atoms with E-state index >= 15 is 0 Å². The van der Waals surface area contributed by atoms with Crippen molar-refractivity contribution in [3.63, 3.8) is 0 Å². The first kappa shape index (κ1) is 24.3. The summed E-state index contributed by atoms with van der Waals surface area (Å²) in [7, 11) is 1.42. The normalized spacial score (nSPS) is 18.0. The average Bonchev–Trinajstić information content (AvgIpc) is 3.36. The molecule has 5 rings (SSSR count). The van der Waals surface area contributed by atoms with E-state index in [1.807, 2.05) is 0 Å². The highest BCUT2D eigenvalue weighted by atomic mass is 19.4. The molecule has 0 saturated heterocycles. The van der Waals surface area contributed by atoms with Gasteiger partial charge in [-0.25, -0.2) is 4.79 Å². The predicted octanol–water partition coefficient (Wildman–Crippen LogP) is 5.05. The Kier molecular flexibility index (Phi) is 6.28. The zero-order chi connectivity index (χ0) is 26.2. The fourth-order valence-corrected chi connectivity index (χ4v) is 4.05.